The van der Waals surface area contributed by atoms with Crippen molar-refractivity contribution >= 4 is 12.4 Å². The fourth-order valence-electron chi connectivity index (χ4n) is 1.64. The molecule has 0 spiro atoms. The minimum atomic E-state index is -0.511. The topological polar surface area (TPSA) is 59.5 Å². The van der Waals surface area contributed by atoms with Gasteiger partial charge in [0.1, 0.15) is 12.9 Å². The van der Waals surface area contributed by atoms with Crippen molar-refractivity contribution in [1.29, 1.82) is 0 Å². The Bertz CT molecular complexity index is 406. The quantitative estimate of drug-likeness (QED) is 0.739. The van der Waals surface area contributed by atoms with Gasteiger partial charge in [-0.15, -0.1) is 0 Å². The van der Waals surface area contributed by atoms with E-state index in [2.05, 4.69) is 4.98 Å². The molecule has 1 aromatic rings. The highest BCUT2D eigenvalue weighted by Crippen LogP contribution is 2.10. The highest BCUT2D eigenvalue weighted by atomic mass is 16.6. The van der Waals surface area contributed by atoms with E-state index in [9.17, 15) is 9.59 Å². The Labute approximate surface area is 113 Å². The lowest BCUT2D eigenvalue weighted by Crippen LogP contribution is -2.39. The van der Waals surface area contributed by atoms with Crippen LogP contribution in [0.2, 0.25) is 0 Å². The Morgan fingerprint density at radius 3 is 2.74 bits per heavy atom. The van der Waals surface area contributed by atoms with Crippen LogP contribution in [0.1, 0.15) is 26.0 Å². The van der Waals surface area contributed by atoms with Gasteiger partial charge in [0.05, 0.1) is 11.7 Å². The molecule has 1 aromatic heterocycles. The second-order valence-electron chi connectivity index (χ2n) is 4.82. The summed E-state index contributed by atoms with van der Waals surface area (Å²) in [5.41, 5.74) is 0.677. The van der Waals surface area contributed by atoms with Gasteiger partial charge in [-0.1, -0.05) is 19.9 Å². The number of hydrogen-bond acceptors (Lipinski definition) is 4. The summed E-state index contributed by atoms with van der Waals surface area (Å²) in [7, 11) is 1.57. The molecule has 1 atom stereocenters. The average Bonchev–Trinajstić information content (AvgIpc) is 2.42. The van der Waals surface area contributed by atoms with E-state index in [1.54, 1.807) is 25.4 Å². The fraction of sp³-hybridized carbons (Fsp3) is 0.500. The molecule has 5 nitrogen and oxygen atoms in total. The van der Waals surface area contributed by atoms with Crippen molar-refractivity contribution in [3.8, 4) is 0 Å². The summed E-state index contributed by atoms with van der Waals surface area (Å²) in [5, 5.41) is 0. The highest BCUT2D eigenvalue weighted by Gasteiger charge is 2.21. The van der Waals surface area contributed by atoms with E-state index in [1.165, 1.54) is 4.90 Å². The highest BCUT2D eigenvalue weighted by molar-refractivity contribution is 5.73. The number of carbonyl (C=O) groups excluding carboxylic acids is 2. The number of rotatable bonds is 6. The second kappa shape index (κ2) is 7.51. The summed E-state index contributed by atoms with van der Waals surface area (Å²) in [6.45, 7) is 4.12. The molecule has 0 fully saturated rings. The molecule has 1 amide bonds. The number of hydrogen-bond donors (Lipinski definition) is 0. The van der Waals surface area contributed by atoms with Crippen molar-refractivity contribution in [3.63, 3.8) is 0 Å². The van der Waals surface area contributed by atoms with Gasteiger partial charge >= 0.3 is 6.09 Å². The van der Waals surface area contributed by atoms with Gasteiger partial charge < -0.3 is 14.4 Å². The van der Waals surface area contributed by atoms with Gasteiger partial charge in [-0.05, 0) is 24.5 Å². The van der Waals surface area contributed by atoms with E-state index < -0.39 is 12.1 Å². The van der Waals surface area contributed by atoms with Crippen molar-refractivity contribution in [1.82, 2.24) is 9.88 Å². The van der Waals surface area contributed by atoms with Crippen LogP contribution in [0.25, 0.3) is 0 Å². The molecule has 0 aliphatic rings. The number of amides is 1. The first kappa shape index (κ1) is 15.1. The van der Waals surface area contributed by atoms with Crippen molar-refractivity contribution in [2.45, 2.75) is 32.9 Å². The molecular formula is C14H20N2O3. The maximum atomic E-state index is 11.8. The lowest BCUT2D eigenvalue weighted by molar-refractivity contribution is -0.112. The predicted molar refractivity (Wildman–Crippen MR) is 71.5 cm³/mol. The molecule has 0 radical (unpaired) electrons. The van der Waals surface area contributed by atoms with Gasteiger partial charge in [-0.25, -0.2) is 4.79 Å². The third-order valence-corrected chi connectivity index (χ3v) is 2.73. The number of carbonyl (C=O) groups is 2. The maximum absolute atomic E-state index is 11.8. The summed E-state index contributed by atoms with van der Waals surface area (Å²) < 4.78 is 5.12. The first-order chi connectivity index (χ1) is 9.04. The van der Waals surface area contributed by atoms with E-state index in [1.807, 2.05) is 19.9 Å². The Morgan fingerprint density at radius 1 is 1.47 bits per heavy atom. The first-order valence-electron chi connectivity index (χ1n) is 6.29. The zero-order chi connectivity index (χ0) is 14.3. The molecule has 19 heavy (non-hydrogen) atoms. The van der Waals surface area contributed by atoms with Crippen LogP contribution in [0.5, 0.6) is 0 Å². The van der Waals surface area contributed by atoms with Gasteiger partial charge in [-0.3, -0.25) is 4.98 Å². The second-order valence-corrected chi connectivity index (χ2v) is 4.82. The lowest BCUT2D eigenvalue weighted by Gasteiger charge is -2.24. The van der Waals surface area contributed by atoms with Gasteiger partial charge in [0, 0.05) is 13.2 Å². The van der Waals surface area contributed by atoms with Crippen molar-refractivity contribution in [2.75, 3.05) is 7.05 Å². The smallest absolute Gasteiger partial charge is 0.410 e. The summed E-state index contributed by atoms with van der Waals surface area (Å²) in [6, 6.07) is 4.95. The monoisotopic (exact) mass is 264 g/mol. The summed E-state index contributed by atoms with van der Waals surface area (Å²) in [4.78, 5) is 28.2. The van der Waals surface area contributed by atoms with Gasteiger partial charge in [0.2, 0.25) is 0 Å². The lowest BCUT2D eigenvalue weighted by atomic mass is 10.0. The molecule has 1 rings (SSSR count). The van der Waals surface area contributed by atoms with Crippen LogP contribution in [0, 0.1) is 5.92 Å². The fourth-order valence-corrected chi connectivity index (χ4v) is 1.64. The van der Waals surface area contributed by atoms with Crippen LogP contribution in [0.4, 0.5) is 4.79 Å². The molecule has 1 heterocycles. The van der Waals surface area contributed by atoms with E-state index in [-0.39, 0.29) is 6.61 Å². The average molecular weight is 264 g/mol. The number of likely N-dealkylation sites (N-methyl/N-ethyl adjacent to an activating group) is 1. The van der Waals surface area contributed by atoms with Crippen LogP contribution < -0.4 is 0 Å². The zero-order valence-corrected chi connectivity index (χ0v) is 11.6. The largest absolute Gasteiger partial charge is 0.443 e. The minimum absolute atomic E-state index is 0.108. The number of nitrogens with zero attached hydrogens (tertiary/aromatic N) is 2. The molecule has 0 N–H and O–H groups in total. The number of aldehydes is 1. The van der Waals surface area contributed by atoms with E-state index in [4.69, 9.17) is 4.74 Å². The Kier molecular flexibility index (Phi) is 5.99. The van der Waals surface area contributed by atoms with E-state index in [0.29, 0.717) is 18.0 Å². The summed E-state index contributed by atoms with van der Waals surface area (Å²) in [5.74, 6) is 0.334. The van der Waals surface area contributed by atoms with Gasteiger partial charge in [0.25, 0.3) is 0 Å². The third kappa shape index (κ3) is 5.07. The van der Waals surface area contributed by atoms with Crippen LogP contribution in [0.3, 0.4) is 0 Å². The number of aromatic nitrogens is 1. The molecule has 0 unspecified atom stereocenters. The molecular weight excluding hydrogens is 244 g/mol. The first-order valence-corrected chi connectivity index (χ1v) is 6.29. The SMILES string of the molecule is CC(C)C[C@@H](C=O)N(C)C(=O)OCc1ccccn1. The van der Waals surface area contributed by atoms with Crippen LogP contribution in [-0.2, 0) is 16.1 Å². The summed E-state index contributed by atoms with van der Waals surface area (Å²) >= 11 is 0. The molecule has 0 bridgehead atoms. The van der Waals surface area contributed by atoms with Crippen LogP contribution in [0.15, 0.2) is 24.4 Å². The normalized spacial score (nSPS) is 12.0. The van der Waals surface area contributed by atoms with E-state index in [0.717, 1.165) is 6.29 Å². The Morgan fingerprint density at radius 2 is 2.21 bits per heavy atom. The van der Waals surface area contributed by atoms with Crippen molar-refractivity contribution < 1.29 is 14.3 Å². The molecule has 5 heteroatoms. The number of ether oxygens (including phenoxy) is 1. The van der Waals surface area contributed by atoms with E-state index >= 15 is 0 Å². The Balaban J connectivity index is 2.50. The maximum Gasteiger partial charge on any atom is 0.410 e. The summed E-state index contributed by atoms with van der Waals surface area (Å²) in [6.07, 6.45) is 2.53. The van der Waals surface area contributed by atoms with Crippen molar-refractivity contribution in [2.24, 2.45) is 5.92 Å². The van der Waals surface area contributed by atoms with Crippen molar-refractivity contribution in [3.05, 3.63) is 30.1 Å². The minimum Gasteiger partial charge on any atom is -0.443 e. The molecule has 0 saturated carbocycles. The third-order valence-electron chi connectivity index (χ3n) is 2.73. The molecule has 0 aliphatic heterocycles. The Hall–Kier alpha value is -1.91. The van der Waals surface area contributed by atoms with Crippen LogP contribution >= 0.6 is 0 Å². The zero-order valence-electron chi connectivity index (χ0n) is 11.6. The molecule has 0 aromatic carbocycles. The number of pyridine rings is 1. The molecule has 0 saturated heterocycles. The predicted octanol–water partition coefficient (Wildman–Crippen LogP) is 2.26. The standard InChI is InChI=1S/C14H20N2O3/c1-11(2)8-13(9-17)16(3)14(18)19-10-12-6-4-5-7-15-12/h4-7,9,11,13H,8,10H2,1-3H3/t13-/m0/s1. The molecule has 0 aliphatic carbocycles. The van der Waals surface area contributed by atoms with Gasteiger partial charge in [0.15, 0.2) is 0 Å². The van der Waals surface area contributed by atoms with Gasteiger partial charge in [-0.2, -0.15) is 0 Å². The van der Waals surface area contributed by atoms with Crippen LogP contribution in [-0.4, -0.2) is 35.4 Å². The molecule has 104 valence electrons.